The smallest absolute Gasteiger partial charge is 0.267 e. The van der Waals surface area contributed by atoms with Gasteiger partial charge in [-0.25, -0.2) is 0 Å². The van der Waals surface area contributed by atoms with Gasteiger partial charge in [-0.1, -0.05) is 26.0 Å². The molecule has 3 rings (SSSR count). The maximum Gasteiger partial charge on any atom is 0.267 e. The van der Waals surface area contributed by atoms with Crippen molar-refractivity contribution in [2.45, 2.75) is 19.8 Å². The number of hydrogen-bond donors (Lipinski definition) is 1. The van der Waals surface area contributed by atoms with Gasteiger partial charge in [0, 0.05) is 5.69 Å². The Kier molecular flexibility index (Phi) is 3.97. The zero-order valence-electron chi connectivity index (χ0n) is 12.2. The summed E-state index contributed by atoms with van der Waals surface area (Å²) in [4.78, 5) is 13.1. The summed E-state index contributed by atoms with van der Waals surface area (Å²) in [5.74, 6) is 0.247. The van der Waals surface area contributed by atoms with Crippen LogP contribution in [0.2, 0.25) is 0 Å². The maximum absolute atomic E-state index is 12.5. The van der Waals surface area contributed by atoms with E-state index in [9.17, 15) is 4.79 Å². The van der Waals surface area contributed by atoms with Crippen LogP contribution in [0.15, 0.2) is 42.0 Å². The Bertz CT molecular complexity index is 779. The molecule has 0 saturated carbocycles. The number of carbonyl (C=O) groups is 1. The van der Waals surface area contributed by atoms with Gasteiger partial charge in [0.1, 0.15) is 11.2 Å². The summed E-state index contributed by atoms with van der Waals surface area (Å²) in [5, 5.41) is 15.8. The first-order valence-electron chi connectivity index (χ1n) is 6.87. The van der Waals surface area contributed by atoms with Gasteiger partial charge in [0.2, 0.25) is 0 Å². The standard InChI is InChI=1S/C15H15N5OS/c1-10(2)11-4-3-5-12(8-11)17-15(21)14-13(6-7-22-14)20-9-16-18-19-20/h3-10H,1-2H3,(H,17,21). The monoisotopic (exact) mass is 313 g/mol. The highest BCUT2D eigenvalue weighted by atomic mass is 32.1. The average Bonchev–Trinajstić information content (AvgIpc) is 3.18. The Balaban J connectivity index is 1.84. The molecule has 0 aliphatic heterocycles. The first-order chi connectivity index (χ1) is 10.6. The van der Waals surface area contributed by atoms with Crippen molar-refractivity contribution in [3.8, 4) is 5.69 Å². The molecule has 22 heavy (non-hydrogen) atoms. The van der Waals surface area contributed by atoms with E-state index in [-0.39, 0.29) is 5.91 Å². The first-order valence-corrected chi connectivity index (χ1v) is 7.75. The van der Waals surface area contributed by atoms with E-state index in [1.807, 2.05) is 29.6 Å². The molecule has 2 aromatic heterocycles. The van der Waals surface area contributed by atoms with Gasteiger partial charge in [-0.3, -0.25) is 4.79 Å². The quantitative estimate of drug-likeness (QED) is 0.803. The topological polar surface area (TPSA) is 72.7 Å². The number of carbonyl (C=O) groups excluding carboxylic acids is 1. The van der Waals surface area contributed by atoms with Crippen molar-refractivity contribution >= 4 is 22.9 Å². The van der Waals surface area contributed by atoms with Crippen molar-refractivity contribution < 1.29 is 4.79 Å². The van der Waals surface area contributed by atoms with Gasteiger partial charge in [-0.15, -0.1) is 16.4 Å². The van der Waals surface area contributed by atoms with Crippen LogP contribution in [0.1, 0.15) is 35.0 Å². The van der Waals surface area contributed by atoms with Gasteiger partial charge in [-0.2, -0.15) is 4.68 Å². The predicted molar refractivity (Wildman–Crippen MR) is 85.5 cm³/mol. The van der Waals surface area contributed by atoms with E-state index in [0.29, 0.717) is 16.5 Å². The van der Waals surface area contributed by atoms with E-state index in [1.54, 1.807) is 0 Å². The van der Waals surface area contributed by atoms with Crippen LogP contribution in [0.4, 0.5) is 5.69 Å². The Labute approximate surface area is 131 Å². The van der Waals surface area contributed by atoms with Gasteiger partial charge >= 0.3 is 0 Å². The lowest BCUT2D eigenvalue weighted by Gasteiger charge is -2.09. The van der Waals surface area contributed by atoms with Crippen LogP contribution in [0.5, 0.6) is 0 Å². The molecule has 112 valence electrons. The molecule has 0 saturated heterocycles. The Morgan fingerprint density at radius 3 is 2.91 bits per heavy atom. The molecule has 0 spiro atoms. The number of nitrogens with one attached hydrogen (secondary N) is 1. The first kappa shape index (κ1) is 14.4. The number of anilines is 1. The minimum absolute atomic E-state index is 0.165. The summed E-state index contributed by atoms with van der Waals surface area (Å²) in [6.07, 6.45) is 1.47. The molecule has 6 nitrogen and oxygen atoms in total. The molecule has 1 N–H and O–H groups in total. The lowest BCUT2D eigenvalue weighted by molar-refractivity contribution is 0.103. The highest BCUT2D eigenvalue weighted by molar-refractivity contribution is 7.12. The Morgan fingerprint density at radius 1 is 1.32 bits per heavy atom. The lowest BCUT2D eigenvalue weighted by Crippen LogP contribution is -2.13. The molecular weight excluding hydrogens is 298 g/mol. The second kappa shape index (κ2) is 6.07. The van der Waals surface area contributed by atoms with Gasteiger partial charge in [0.05, 0.1) is 5.69 Å². The van der Waals surface area contributed by atoms with E-state index in [2.05, 4.69) is 40.8 Å². The minimum Gasteiger partial charge on any atom is -0.321 e. The number of tetrazole rings is 1. The fourth-order valence-electron chi connectivity index (χ4n) is 2.09. The van der Waals surface area contributed by atoms with Crippen molar-refractivity contribution in [3.63, 3.8) is 0 Å². The highest BCUT2D eigenvalue weighted by Crippen LogP contribution is 2.23. The molecule has 7 heteroatoms. The molecule has 0 bridgehead atoms. The second-order valence-electron chi connectivity index (χ2n) is 5.12. The van der Waals surface area contributed by atoms with Crippen LogP contribution in [-0.4, -0.2) is 26.1 Å². The van der Waals surface area contributed by atoms with Crippen LogP contribution in [0.25, 0.3) is 5.69 Å². The third-order valence-electron chi connectivity index (χ3n) is 3.26. The Morgan fingerprint density at radius 2 is 2.18 bits per heavy atom. The molecule has 0 aliphatic carbocycles. The second-order valence-corrected chi connectivity index (χ2v) is 6.04. The fraction of sp³-hybridized carbons (Fsp3) is 0.200. The number of aromatic nitrogens is 4. The number of benzene rings is 1. The zero-order valence-corrected chi connectivity index (χ0v) is 13.0. The van der Waals surface area contributed by atoms with Crippen LogP contribution < -0.4 is 5.32 Å². The van der Waals surface area contributed by atoms with Gasteiger partial charge in [-0.05, 0) is 45.5 Å². The SMILES string of the molecule is CC(C)c1cccc(NC(=O)c2sccc2-n2cnnn2)c1. The molecule has 0 radical (unpaired) electrons. The van der Waals surface area contributed by atoms with Crippen molar-refractivity contribution in [2.24, 2.45) is 0 Å². The van der Waals surface area contributed by atoms with E-state index < -0.39 is 0 Å². The summed E-state index contributed by atoms with van der Waals surface area (Å²) in [5.41, 5.74) is 2.64. The minimum atomic E-state index is -0.165. The lowest BCUT2D eigenvalue weighted by atomic mass is 10.0. The van der Waals surface area contributed by atoms with Crippen molar-refractivity contribution in [1.29, 1.82) is 0 Å². The van der Waals surface area contributed by atoms with Crippen LogP contribution in [-0.2, 0) is 0 Å². The molecule has 3 aromatic rings. The third kappa shape index (κ3) is 2.89. The third-order valence-corrected chi connectivity index (χ3v) is 4.16. The van der Waals surface area contributed by atoms with Crippen LogP contribution >= 0.6 is 11.3 Å². The molecular formula is C15H15N5OS. The van der Waals surface area contributed by atoms with E-state index in [0.717, 1.165) is 5.69 Å². The number of nitrogens with zero attached hydrogens (tertiary/aromatic N) is 4. The predicted octanol–water partition coefficient (Wildman–Crippen LogP) is 3.10. The largest absolute Gasteiger partial charge is 0.321 e. The normalized spacial score (nSPS) is 10.9. The molecule has 0 aliphatic rings. The zero-order chi connectivity index (χ0) is 15.5. The van der Waals surface area contributed by atoms with Crippen LogP contribution in [0.3, 0.4) is 0 Å². The van der Waals surface area contributed by atoms with Crippen LogP contribution in [0, 0.1) is 0 Å². The maximum atomic E-state index is 12.5. The van der Waals surface area contributed by atoms with Gasteiger partial charge in [0.25, 0.3) is 5.91 Å². The molecule has 0 unspecified atom stereocenters. The average molecular weight is 313 g/mol. The Hall–Kier alpha value is -2.54. The molecule has 0 atom stereocenters. The number of thiophene rings is 1. The fourth-order valence-corrected chi connectivity index (χ4v) is 2.86. The van der Waals surface area contributed by atoms with E-state index in [4.69, 9.17) is 0 Å². The van der Waals surface area contributed by atoms with Gasteiger partial charge < -0.3 is 5.32 Å². The summed E-state index contributed by atoms with van der Waals surface area (Å²) < 4.78 is 1.48. The highest BCUT2D eigenvalue weighted by Gasteiger charge is 2.16. The number of hydrogen-bond acceptors (Lipinski definition) is 5. The van der Waals surface area contributed by atoms with Crippen molar-refractivity contribution in [2.75, 3.05) is 5.32 Å². The van der Waals surface area contributed by atoms with Gasteiger partial charge in [0.15, 0.2) is 0 Å². The summed E-state index contributed by atoms with van der Waals surface area (Å²) in [6, 6.07) is 9.70. The van der Waals surface area contributed by atoms with E-state index in [1.165, 1.54) is 27.9 Å². The van der Waals surface area contributed by atoms with Crippen molar-refractivity contribution in [1.82, 2.24) is 20.2 Å². The molecule has 1 amide bonds. The molecule has 2 heterocycles. The molecule has 0 fully saturated rings. The number of rotatable bonds is 4. The van der Waals surface area contributed by atoms with Crippen molar-refractivity contribution in [3.05, 3.63) is 52.5 Å². The molecule has 1 aromatic carbocycles. The summed E-state index contributed by atoms with van der Waals surface area (Å²) in [6.45, 7) is 4.24. The van der Waals surface area contributed by atoms with E-state index >= 15 is 0 Å². The number of amides is 1. The summed E-state index contributed by atoms with van der Waals surface area (Å²) >= 11 is 1.36. The summed E-state index contributed by atoms with van der Waals surface area (Å²) in [7, 11) is 0.